The molecule has 0 amide bonds. The van der Waals surface area contributed by atoms with Gasteiger partial charge in [-0.15, -0.1) is 22.7 Å². The standard InChI is InChI=1S/C11H12S2/c1-11(2,9-5-3-7-12-9)10-6-4-8-13-10/h3-8H,1-2H3. The van der Waals surface area contributed by atoms with Crippen LogP contribution in [0.15, 0.2) is 35.0 Å². The van der Waals surface area contributed by atoms with E-state index >= 15 is 0 Å². The van der Waals surface area contributed by atoms with E-state index in [2.05, 4.69) is 48.9 Å². The minimum absolute atomic E-state index is 0.183. The van der Waals surface area contributed by atoms with E-state index in [1.807, 2.05) is 22.7 Å². The molecule has 2 heterocycles. The van der Waals surface area contributed by atoms with E-state index in [0.717, 1.165) is 0 Å². The zero-order valence-corrected chi connectivity index (χ0v) is 9.41. The van der Waals surface area contributed by atoms with E-state index in [1.54, 1.807) is 0 Å². The maximum Gasteiger partial charge on any atom is 0.0334 e. The maximum absolute atomic E-state index is 2.28. The molecule has 0 aliphatic carbocycles. The minimum atomic E-state index is 0.183. The molecule has 2 aromatic heterocycles. The van der Waals surface area contributed by atoms with Gasteiger partial charge in [0, 0.05) is 15.2 Å². The van der Waals surface area contributed by atoms with Gasteiger partial charge < -0.3 is 0 Å². The molecule has 2 rings (SSSR count). The van der Waals surface area contributed by atoms with E-state index in [-0.39, 0.29) is 5.41 Å². The molecule has 68 valence electrons. The fourth-order valence-electron chi connectivity index (χ4n) is 1.39. The first kappa shape index (κ1) is 8.97. The molecule has 0 aliphatic rings. The largest absolute Gasteiger partial charge is 0.148 e. The zero-order valence-electron chi connectivity index (χ0n) is 7.78. The van der Waals surface area contributed by atoms with E-state index in [1.165, 1.54) is 9.75 Å². The maximum atomic E-state index is 2.28. The molecule has 0 radical (unpaired) electrons. The van der Waals surface area contributed by atoms with Crippen molar-refractivity contribution < 1.29 is 0 Å². The second-order valence-electron chi connectivity index (χ2n) is 3.58. The summed E-state index contributed by atoms with van der Waals surface area (Å²) in [6, 6.07) is 8.67. The third kappa shape index (κ3) is 1.56. The lowest BCUT2D eigenvalue weighted by Crippen LogP contribution is -2.14. The summed E-state index contributed by atoms with van der Waals surface area (Å²) in [6.07, 6.45) is 0. The highest BCUT2D eigenvalue weighted by Gasteiger charge is 2.24. The van der Waals surface area contributed by atoms with E-state index < -0.39 is 0 Å². The summed E-state index contributed by atoms with van der Waals surface area (Å²) in [5.41, 5.74) is 0.183. The first-order chi connectivity index (χ1) is 6.21. The molecule has 0 fully saturated rings. The highest BCUT2D eigenvalue weighted by atomic mass is 32.1. The molecule has 0 N–H and O–H groups in total. The van der Waals surface area contributed by atoms with Gasteiger partial charge in [0.05, 0.1) is 0 Å². The molecule has 0 saturated carbocycles. The summed E-state index contributed by atoms with van der Waals surface area (Å²) in [4.78, 5) is 2.88. The molecule has 2 heteroatoms. The monoisotopic (exact) mass is 208 g/mol. The van der Waals surface area contributed by atoms with Gasteiger partial charge in [0.25, 0.3) is 0 Å². The normalized spacial score (nSPS) is 11.8. The number of rotatable bonds is 2. The third-order valence-electron chi connectivity index (χ3n) is 2.27. The van der Waals surface area contributed by atoms with Crippen LogP contribution in [0.25, 0.3) is 0 Å². The summed E-state index contributed by atoms with van der Waals surface area (Å²) in [5, 5.41) is 4.29. The fraction of sp³-hybridized carbons (Fsp3) is 0.273. The molecule has 0 spiro atoms. The first-order valence-corrected chi connectivity index (χ1v) is 6.05. The number of hydrogen-bond acceptors (Lipinski definition) is 2. The van der Waals surface area contributed by atoms with E-state index in [9.17, 15) is 0 Å². The summed E-state index contributed by atoms with van der Waals surface area (Å²) < 4.78 is 0. The van der Waals surface area contributed by atoms with Gasteiger partial charge in [-0.3, -0.25) is 0 Å². The Morgan fingerprint density at radius 1 is 0.923 bits per heavy atom. The van der Waals surface area contributed by atoms with Gasteiger partial charge in [-0.1, -0.05) is 26.0 Å². The SMILES string of the molecule is CC(C)(c1cccs1)c1cccs1. The highest BCUT2D eigenvalue weighted by Crippen LogP contribution is 2.36. The molecular weight excluding hydrogens is 196 g/mol. The van der Waals surface area contributed by atoms with Crippen LogP contribution in [0.4, 0.5) is 0 Å². The lowest BCUT2D eigenvalue weighted by molar-refractivity contribution is 0.671. The molecule has 0 nitrogen and oxygen atoms in total. The van der Waals surface area contributed by atoms with Gasteiger partial charge in [-0.25, -0.2) is 0 Å². The fourth-order valence-corrected chi connectivity index (χ4v) is 3.19. The van der Waals surface area contributed by atoms with Gasteiger partial charge in [0.2, 0.25) is 0 Å². The summed E-state index contributed by atoms with van der Waals surface area (Å²) in [6.45, 7) is 4.56. The lowest BCUT2D eigenvalue weighted by atomic mass is 9.90. The Labute approximate surface area is 86.9 Å². The van der Waals surface area contributed by atoms with Crippen molar-refractivity contribution in [3.05, 3.63) is 44.8 Å². The molecule has 13 heavy (non-hydrogen) atoms. The molecule has 0 unspecified atom stereocenters. The Kier molecular flexibility index (Phi) is 2.26. The summed E-state index contributed by atoms with van der Waals surface area (Å²) in [7, 11) is 0. The number of thiophene rings is 2. The van der Waals surface area contributed by atoms with Crippen molar-refractivity contribution in [3.8, 4) is 0 Å². The molecule has 0 aromatic carbocycles. The average molecular weight is 208 g/mol. The van der Waals surface area contributed by atoms with Crippen molar-refractivity contribution in [2.75, 3.05) is 0 Å². The van der Waals surface area contributed by atoms with Crippen LogP contribution in [0.3, 0.4) is 0 Å². The molecular formula is C11H12S2. The Morgan fingerprint density at radius 3 is 1.69 bits per heavy atom. The van der Waals surface area contributed by atoms with Gasteiger partial charge in [-0.2, -0.15) is 0 Å². The van der Waals surface area contributed by atoms with Gasteiger partial charge >= 0.3 is 0 Å². The van der Waals surface area contributed by atoms with Crippen molar-refractivity contribution in [1.82, 2.24) is 0 Å². The topological polar surface area (TPSA) is 0 Å². The van der Waals surface area contributed by atoms with E-state index in [0.29, 0.717) is 0 Å². The summed E-state index contributed by atoms with van der Waals surface area (Å²) in [5.74, 6) is 0. The third-order valence-corrected chi connectivity index (χ3v) is 4.66. The van der Waals surface area contributed by atoms with Gasteiger partial charge in [0.15, 0.2) is 0 Å². The van der Waals surface area contributed by atoms with Crippen LogP contribution in [0, 0.1) is 0 Å². The Balaban J connectivity index is 2.42. The predicted molar refractivity (Wildman–Crippen MR) is 60.8 cm³/mol. The second kappa shape index (κ2) is 3.28. The van der Waals surface area contributed by atoms with Gasteiger partial charge in [0.1, 0.15) is 0 Å². The number of hydrogen-bond donors (Lipinski definition) is 0. The molecule has 0 aliphatic heterocycles. The smallest absolute Gasteiger partial charge is 0.0334 e. The molecule has 0 atom stereocenters. The van der Waals surface area contributed by atoms with Crippen molar-refractivity contribution in [2.24, 2.45) is 0 Å². The average Bonchev–Trinajstić information content (AvgIpc) is 2.78. The summed E-state index contributed by atoms with van der Waals surface area (Å²) >= 11 is 3.67. The Bertz CT molecular complexity index is 318. The van der Waals surface area contributed by atoms with Gasteiger partial charge in [-0.05, 0) is 22.9 Å². The van der Waals surface area contributed by atoms with Crippen molar-refractivity contribution in [3.63, 3.8) is 0 Å². The van der Waals surface area contributed by atoms with Crippen molar-refractivity contribution in [2.45, 2.75) is 19.3 Å². The van der Waals surface area contributed by atoms with E-state index in [4.69, 9.17) is 0 Å². The van der Waals surface area contributed by atoms with Crippen LogP contribution in [-0.4, -0.2) is 0 Å². The Hall–Kier alpha value is -0.600. The first-order valence-electron chi connectivity index (χ1n) is 4.29. The van der Waals surface area contributed by atoms with Crippen LogP contribution in [0.2, 0.25) is 0 Å². The molecule has 0 saturated heterocycles. The van der Waals surface area contributed by atoms with Crippen LogP contribution < -0.4 is 0 Å². The van der Waals surface area contributed by atoms with Crippen molar-refractivity contribution >= 4 is 22.7 Å². The van der Waals surface area contributed by atoms with Crippen LogP contribution in [-0.2, 0) is 5.41 Å². The minimum Gasteiger partial charge on any atom is -0.148 e. The zero-order chi connectivity index (χ0) is 9.31. The lowest BCUT2D eigenvalue weighted by Gasteiger charge is -2.21. The Morgan fingerprint density at radius 2 is 1.38 bits per heavy atom. The molecule has 0 bridgehead atoms. The van der Waals surface area contributed by atoms with Crippen LogP contribution >= 0.6 is 22.7 Å². The predicted octanol–water partition coefficient (Wildman–Crippen LogP) is 4.14. The van der Waals surface area contributed by atoms with Crippen molar-refractivity contribution in [1.29, 1.82) is 0 Å². The van der Waals surface area contributed by atoms with Crippen LogP contribution in [0.5, 0.6) is 0 Å². The quantitative estimate of drug-likeness (QED) is 0.696. The van der Waals surface area contributed by atoms with Crippen LogP contribution in [0.1, 0.15) is 23.6 Å². The highest BCUT2D eigenvalue weighted by molar-refractivity contribution is 7.11. The second-order valence-corrected chi connectivity index (χ2v) is 5.47. The molecule has 2 aromatic rings.